The van der Waals surface area contributed by atoms with Crippen molar-refractivity contribution in [3.63, 3.8) is 0 Å². The number of halogens is 1. The summed E-state index contributed by atoms with van der Waals surface area (Å²) in [7, 11) is 0. The second-order valence-corrected chi connectivity index (χ2v) is 13.9. The zero-order valence-electron chi connectivity index (χ0n) is 21.7. The lowest BCUT2D eigenvalue weighted by molar-refractivity contribution is -0.123. The summed E-state index contributed by atoms with van der Waals surface area (Å²) in [5.41, 5.74) is 2.62. The van der Waals surface area contributed by atoms with Crippen molar-refractivity contribution in [1.29, 1.82) is 0 Å². The number of fused-ring (bicyclic) bond motifs is 9. The Kier molecular flexibility index (Phi) is 5.95. The number of carbonyl (C=O) groups is 2. The Labute approximate surface area is 249 Å². The summed E-state index contributed by atoms with van der Waals surface area (Å²) in [6.45, 7) is 0.400. The Balaban J connectivity index is 1.21. The Bertz CT molecular complexity index is 1740. The smallest absolute Gasteiger partial charge is 0.305 e. The number of hydrogen-bond donors (Lipinski definition) is 1. The molecule has 3 fully saturated rings. The van der Waals surface area contributed by atoms with Crippen molar-refractivity contribution in [2.24, 2.45) is 29.6 Å². The standard InChI is InChI=1S/C32H25ClN2O4S2/c33-17-11-12-22(39-15-16-7-3-1-4-8-16)19(13-17)23-24-20-14-21(27(24)40-29-28(23)41-32(38)34-29)26-25(20)30(36)35(31(26)37)18-9-5-2-6-10-18/h1-13,20-21,23-27H,14-15H2,(H,34,38)/t20-,21-,23+,24+,25+,26+,27-/m1/s1. The molecule has 0 radical (unpaired) electrons. The van der Waals surface area contributed by atoms with Crippen LogP contribution in [-0.2, 0) is 16.2 Å². The molecule has 2 aliphatic heterocycles. The summed E-state index contributed by atoms with van der Waals surface area (Å²) in [5, 5.41) is 1.55. The normalized spacial score (nSPS) is 29.4. The van der Waals surface area contributed by atoms with Crippen LogP contribution in [0.15, 0.2) is 88.7 Å². The Morgan fingerprint density at radius 1 is 0.902 bits per heavy atom. The van der Waals surface area contributed by atoms with E-state index in [1.165, 1.54) is 16.2 Å². The molecule has 3 heterocycles. The number of aromatic nitrogens is 1. The molecular weight excluding hydrogens is 576 g/mol. The lowest BCUT2D eigenvalue weighted by atomic mass is 9.68. The number of aromatic amines is 1. The van der Waals surface area contributed by atoms with Gasteiger partial charge in [-0.2, -0.15) is 0 Å². The highest BCUT2D eigenvalue weighted by Crippen LogP contribution is 2.69. The van der Waals surface area contributed by atoms with Gasteiger partial charge in [-0.25, -0.2) is 0 Å². The number of amides is 2. The summed E-state index contributed by atoms with van der Waals surface area (Å²) in [6.07, 6.45) is 0.828. The van der Waals surface area contributed by atoms with Crippen molar-refractivity contribution >= 4 is 52.2 Å². The molecule has 8 rings (SSSR count). The number of nitrogens with one attached hydrogen (secondary N) is 1. The molecule has 2 saturated carbocycles. The first-order valence-corrected chi connectivity index (χ1v) is 15.9. The van der Waals surface area contributed by atoms with Gasteiger partial charge < -0.3 is 9.72 Å². The number of thiazole rings is 1. The van der Waals surface area contributed by atoms with Crippen molar-refractivity contribution < 1.29 is 14.3 Å². The van der Waals surface area contributed by atoms with Crippen molar-refractivity contribution in [1.82, 2.24) is 4.98 Å². The van der Waals surface area contributed by atoms with E-state index < -0.39 is 0 Å². The second-order valence-electron chi connectivity index (χ2n) is 11.3. The predicted molar refractivity (Wildman–Crippen MR) is 160 cm³/mol. The highest BCUT2D eigenvalue weighted by molar-refractivity contribution is 8.00. The third kappa shape index (κ3) is 3.87. The number of nitrogens with zero attached hydrogens (tertiary/aromatic N) is 1. The predicted octanol–water partition coefficient (Wildman–Crippen LogP) is 6.35. The first-order valence-electron chi connectivity index (χ1n) is 13.8. The lowest BCUT2D eigenvalue weighted by Gasteiger charge is -2.43. The van der Waals surface area contributed by atoms with Crippen molar-refractivity contribution in [3.05, 3.63) is 110 Å². The fraction of sp³-hybridized carbons (Fsp3) is 0.281. The fourth-order valence-electron chi connectivity index (χ4n) is 7.83. The summed E-state index contributed by atoms with van der Waals surface area (Å²) in [6, 6.07) is 24.9. The van der Waals surface area contributed by atoms with Crippen LogP contribution in [0.5, 0.6) is 5.75 Å². The molecule has 1 N–H and O–H groups in total. The van der Waals surface area contributed by atoms with Gasteiger partial charge in [-0.05, 0) is 60.1 Å². The van der Waals surface area contributed by atoms with E-state index in [1.54, 1.807) is 11.8 Å². The average Bonchev–Trinajstić information content (AvgIpc) is 3.72. The van der Waals surface area contributed by atoms with Crippen molar-refractivity contribution in [2.75, 3.05) is 4.90 Å². The van der Waals surface area contributed by atoms with Crippen molar-refractivity contribution in [2.45, 2.75) is 29.2 Å². The number of thioether (sulfide) groups is 1. The molecule has 2 aliphatic carbocycles. The Morgan fingerprint density at radius 3 is 2.37 bits per heavy atom. The van der Waals surface area contributed by atoms with E-state index in [0.717, 1.165) is 33.2 Å². The van der Waals surface area contributed by atoms with Gasteiger partial charge in [0.15, 0.2) is 0 Å². The molecular formula is C32H25ClN2O4S2. The largest absolute Gasteiger partial charge is 0.489 e. The lowest BCUT2D eigenvalue weighted by Crippen LogP contribution is -2.42. The zero-order chi connectivity index (χ0) is 27.8. The molecule has 1 saturated heterocycles. The molecule has 1 aromatic heterocycles. The number of benzene rings is 3. The van der Waals surface area contributed by atoms with Crippen LogP contribution in [0.25, 0.3) is 0 Å². The molecule has 2 amide bonds. The number of H-pyrrole nitrogens is 1. The molecule has 4 aliphatic rings. The van der Waals surface area contributed by atoms with Gasteiger partial charge in [0, 0.05) is 26.6 Å². The average molecular weight is 601 g/mol. The second kappa shape index (κ2) is 9.61. The van der Waals surface area contributed by atoms with Crippen LogP contribution in [0.3, 0.4) is 0 Å². The molecule has 3 aromatic carbocycles. The maximum Gasteiger partial charge on any atom is 0.305 e. The molecule has 0 unspecified atom stereocenters. The maximum absolute atomic E-state index is 13.9. The number of rotatable bonds is 5. The van der Waals surface area contributed by atoms with Crippen LogP contribution in [0, 0.1) is 29.6 Å². The van der Waals surface area contributed by atoms with E-state index in [1.807, 2.05) is 78.9 Å². The summed E-state index contributed by atoms with van der Waals surface area (Å²) in [4.78, 5) is 45.7. The first kappa shape index (κ1) is 25.4. The summed E-state index contributed by atoms with van der Waals surface area (Å²) < 4.78 is 6.40. The third-order valence-electron chi connectivity index (χ3n) is 9.28. The number of ether oxygens (including phenoxy) is 1. The quantitative estimate of drug-likeness (QED) is 0.270. The van der Waals surface area contributed by atoms with Gasteiger partial charge >= 0.3 is 4.87 Å². The van der Waals surface area contributed by atoms with Gasteiger partial charge in [0.2, 0.25) is 11.8 Å². The molecule has 9 heteroatoms. The minimum Gasteiger partial charge on any atom is -0.489 e. The third-order valence-corrected chi connectivity index (χ3v) is 12.1. The van der Waals surface area contributed by atoms with E-state index in [2.05, 4.69) is 4.98 Å². The number of para-hydroxylation sites is 1. The van der Waals surface area contributed by atoms with Crippen LogP contribution in [0.4, 0.5) is 5.69 Å². The minimum atomic E-state index is -0.359. The molecule has 2 bridgehead atoms. The molecule has 206 valence electrons. The Morgan fingerprint density at radius 2 is 1.61 bits per heavy atom. The molecule has 41 heavy (non-hydrogen) atoms. The van der Waals surface area contributed by atoms with Gasteiger partial charge in [0.05, 0.1) is 22.5 Å². The fourth-order valence-corrected chi connectivity index (χ4v) is 10.9. The SMILES string of the molecule is O=C1[C@H]2[C@H]3C[C@@H]([C@@H]2C(=O)N1c1ccccc1)[C@H]1[C@H](c2cc(Cl)ccc2OCc2ccccc2)c2sc(=O)[nH]c2S[C@H]31. The summed E-state index contributed by atoms with van der Waals surface area (Å²) in [5.74, 6) is -0.191. The zero-order valence-corrected chi connectivity index (χ0v) is 24.1. The minimum absolute atomic E-state index is 0.0176. The van der Waals surface area contributed by atoms with Gasteiger partial charge in [-0.1, -0.05) is 71.5 Å². The monoisotopic (exact) mass is 600 g/mol. The number of hydrogen-bond acceptors (Lipinski definition) is 6. The summed E-state index contributed by atoms with van der Waals surface area (Å²) >= 11 is 9.50. The maximum atomic E-state index is 13.9. The van der Waals surface area contributed by atoms with Crippen LogP contribution < -0.4 is 14.5 Å². The van der Waals surface area contributed by atoms with E-state index in [9.17, 15) is 14.4 Å². The van der Waals surface area contributed by atoms with E-state index >= 15 is 0 Å². The van der Waals surface area contributed by atoms with Gasteiger partial charge in [0.1, 0.15) is 12.4 Å². The van der Waals surface area contributed by atoms with Gasteiger partial charge in [-0.3, -0.25) is 19.3 Å². The number of imide groups is 1. The van der Waals surface area contributed by atoms with Crippen LogP contribution in [-0.4, -0.2) is 22.0 Å². The highest BCUT2D eigenvalue weighted by atomic mass is 35.5. The van der Waals surface area contributed by atoms with Crippen LogP contribution in [0.2, 0.25) is 5.02 Å². The highest BCUT2D eigenvalue weighted by Gasteiger charge is 2.69. The molecule has 4 aromatic rings. The van der Waals surface area contributed by atoms with Crippen LogP contribution >= 0.6 is 34.7 Å². The number of anilines is 1. The molecule has 6 nitrogen and oxygen atoms in total. The van der Waals surface area contributed by atoms with Gasteiger partial charge in [0.25, 0.3) is 0 Å². The molecule has 0 spiro atoms. The first-order chi connectivity index (χ1) is 20.0. The van der Waals surface area contributed by atoms with E-state index in [4.69, 9.17) is 16.3 Å². The van der Waals surface area contributed by atoms with E-state index in [-0.39, 0.29) is 57.4 Å². The molecule has 7 atom stereocenters. The van der Waals surface area contributed by atoms with E-state index in [0.29, 0.717) is 17.3 Å². The topological polar surface area (TPSA) is 79.5 Å². The van der Waals surface area contributed by atoms with Crippen LogP contribution in [0.1, 0.15) is 28.3 Å². The van der Waals surface area contributed by atoms with Gasteiger partial charge in [-0.15, -0.1) is 11.8 Å². The number of carbonyl (C=O) groups excluding carboxylic acids is 2. The Hall–Kier alpha value is -3.33. The van der Waals surface area contributed by atoms with Crippen molar-refractivity contribution in [3.8, 4) is 5.75 Å².